The molecule has 2 aromatic rings. The minimum atomic E-state index is -0.347. The van der Waals surface area contributed by atoms with Crippen LogP contribution in [0, 0.1) is 11.8 Å². The van der Waals surface area contributed by atoms with Gasteiger partial charge < -0.3 is 25.0 Å². The normalized spacial score (nSPS) is 20.4. The van der Waals surface area contributed by atoms with Crippen LogP contribution in [0.1, 0.15) is 77.2 Å². The van der Waals surface area contributed by atoms with Crippen LogP contribution in [0.5, 0.6) is 5.75 Å². The number of likely N-dealkylation sites (N-methyl/N-ethyl adjacent to an activating group) is 1. The van der Waals surface area contributed by atoms with Crippen molar-refractivity contribution in [3.8, 4) is 5.75 Å². The Labute approximate surface area is 228 Å². The molecule has 0 spiro atoms. The van der Waals surface area contributed by atoms with Gasteiger partial charge >= 0.3 is 0 Å². The van der Waals surface area contributed by atoms with E-state index in [4.69, 9.17) is 9.47 Å². The fraction of sp³-hybridized carbons (Fsp3) is 0.677. The van der Waals surface area contributed by atoms with Crippen LogP contribution in [0.4, 0.5) is 11.4 Å². The lowest BCUT2D eigenvalue weighted by molar-refractivity contribution is -0.0548. The Bertz CT molecular complexity index is 1070. The zero-order valence-corrected chi connectivity index (χ0v) is 23.6. The molecule has 210 valence electrons. The molecule has 0 aromatic heterocycles. The molecule has 2 aromatic carbocycles. The Morgan fingerprint density at radius 1 is 1.03 bits per heavy atom. The van der Waals surface area contributed by atoms with E-state index >= 15 is 0 Å². The van der Waals surface area contributed by atoms with E-state index in [2.05, 4.69) is 34.6 Å². The average molecular weight is 526 g/mol. The highest BCUT2D eigenvalue weighted by atomic mass is 16.7. The fourth-order valence-corrected chi connectivity index (χ4v) is 6.32. The molecule has 4 rings (SSSR count). The van der Waals surface area contributed by atoms with Gasteiger partial charge in [0.2, 0.25) is 0 Å². The van der Waals surface area contributed by atoms with Gasteiger partial charge in [-0.25, -0.2) is 0 Å². The SMILES string of the molecule is CCNCC(CC1CCCCC1)Nc1c(N2CCCC(Cc3cccc(OC(CC)OC)c3)C2)c(=O)c1=O. The lowest BCUT2D eigenvalue weighted by atomic mass is 9.84. The molecule has 1 saturated carbocycles. The van der Waals surface area contributed by atoms with Gasteiger partial charge in [0.25, 0.3) is 10.9 Å². The molecule has 2 N–H and O–H groups in total. The van der Waals surface area contributed by atoms with Crippen molar-refractivity contribution in [1.29, 1.82) is 0 Å². The minimum absolute atomic E-state index is 0.169. The van der Waals surface area contributed by atoms with Crippen LogP contribution in [0.25, 0.3) is 0 Å². The van der Waals surface area contributed by atoms with E-state index < -0.39 is 0 Å². The molecule has 3 atom stereocenters. The van der Waals surface area contributed by atoms with Gasteiger partial charge in [0, 0.05) is 39.2 Å². The van der Waals surface area contributed by atoms with Gasteiger partial charge in [0.15, 0.2) is 6.29 Å². The quantitative estimate of drug-likeness (QED) is 0.269. The van der Waals surface area contributed by atoms with Crippen molar-refractivity contribution >= 4 is 11.4 Å². The number of ether oxygens (including phenoxy) is 2. The molecule has 2 aliphatic rings. The Hall–Kier alpha value is -2.38. The number of nitrogens with zero attached hydrogens (tertiary/aromatic N) is 1. The number of anilines is 2. The Morgan fingerprint density at radius 2 is 1.82 bits per heavy atom. The molecule has 0 radical (unpaired) electrons. The summed E-state index contributed by atoms with van der Waals surface area (Å²) in [7, 11) is 1.66. The molecule has 7 heteroatoms. The average Bonchev–Trinajstić information content (AvgIpc) is 2.95. The second-order valence-corrected chi connectivity index (χ2v) is 11.3. The van der Waals surface area contributed by atoms with E-state index in [-0.39, 0.29) is 23.2 Å². The number of hydrogen-bond acceptors (Lipinski definition) is 7. The first-order valence-electron chi connectivity index (χ1n) is 14.9. The summed E-state index contributed by atoms with van der Waals surface area (Å²) in [5.74, 6) is 1.94. The summed E-state index contributed by atoms with van der Waals surface area (Å²) in [6, 6.07) is 8.41. The van der Waals surface area contributed by atoms with Crippen LogP contribution in [0.15, 0.2) is 33.9 Å². The highest BCUT2D eigenvalue weighted by Gasteiger charge is 2.31. The fourth-order valence-electron chi connectivity index (χ4n) is 6.32. The van der Waals surface area contributed by atoms with Crippen molar-refractivity contribution in [2.45, 2.75) is 90.4 Å². The maximum Gasteiger partial charge on any atom is 0.253 e. The number of piperidine rings is 1. The van der Waals surface area contributed by atoms with Crippen LogP contribution in [-0.2, 0) is 11.2 Å². The molecule has 1 saturated heterocycles. The summed E-state index contributed by atoms with van der Waals surface area (Å²) in [5, 5.41) is 7.00. The van der Waals surface area contributed by atoms with Crippen LogP contribution in [0.2, 0.25) is 0 Å². The third-order valence-electron chi connectivity index (χ3n) is 8.34. The van der Waals surface area contributed by atoms with E-state index in [1.165, 1.54) is 37.7 Å². The van der Waals surface area contributed by atoms with E-state index in [1.54, 1.807) is 7.11 Å². The van der Waals surface area contributed by atoms with Crippen LogP contribution in [-0.4, -0.2) is 45.6 Å². The van der Waals surface area contributed by atoms with Crippen LogP contribution in [0.3, 0.4) is 0 Å². The topological polar surface area (TPSA) is 79.9 Å². The molecular formula is C31H47N3O4. The minimum Gasteiger partial charge on any atom is -0.465 e. The van der Waals surface area contributed by atoms with Crippen molar-refractivity contribution in [3.05, 3.63) is 50.3 Å². The van der Waals surface area contributed by atoms with E-state index in [0.29, 0.717) is 23.2 Å². The van der Waals surface area contributed by atoms with Crippen molar-refractivity contribution in [3.63, 3.8) is 0 Å². The Balaban J connectivity index is 1.41. The molecule has 38 heavy (non-hydrogen) atoms. The number of nitrogens with one attached hydrogen (secondary N) is 2. The first kappa shape index (κ1) is 28.6. The molecule has 0 amide bonds. The molecule has 7 nitrogen and oxygen atoms in total. The monoisotopic (exact) mass is 525 g/mol. The summed E-state index contributed by atoms with van der Waals surface area (Å²) in [4.78, 5) is 27.7. The molecule has 3 unspecified atom stereocenters. The molecular weight excluding hydrogens is 478 g/mol. The Kier molecular flexibility index (Phi) is 10.6. The number of rotatable bonds is 14. The van der Waals surface area contributed by atoms with Gasteiger partial charge in [-0.15, -0.1) is 0 Å². The van der Waals surface area contributed by atoms with Gasteiger partial charge in [-0.3, -0.25) is 9.59 Å². The summed E-state index contributed by atoms with van der Waals surface area (Å²) in [5.41, 5.74) is 1.72. The van der Waals surface area contributed by atoms with E-state index in [0.717, 1.165) is 64.0 Å². The maximum absolute atomic E-state index is 12.8. The standard InChI is InChI=1S/C31H47N3O4/c1-4-27(37-3)38-26-15-9-13-23(19-26)17-24-14-10-16-34(21-24)29-28(30(35)31(29)36)33-25(20-32-5-2)18-22-11-7-6-8-12-22/h9,13,15,19,22,24-25,27,32-33H,4-8,10-12,14,16-18,20-21H2,1-3H3. The van der Waals surface area contributed by atoms with Crippen molar-refractivity contribution < 1.29 is 9.47 Å². The molecule has 0 bridgehead atoms. The second-order valence-electron chi connectivity index (χ2n) is 11.3. The lowest BCUT2D eigenvalue weighted by Gasteiger charge is -2.37. The summed E-state index contributed by atoms with van der Waals surface area (Å²) < 4.78 is 11.3. The number of hydrogen-bond donors (Lipinski definition) is 2. The lowest BCUT2D eigenvalue weighted by Crippen LogP contribution is -2.48. The predicted octanol–water partition coefficient (Wildman–Crippen LogP) is 4.86. The third kappa shape index (κ3) is 7.38. The highest BCUT2D eigenvalue weighted by molar-refractivity contribution is 5.75. The van der Waals surface area contributed by atoms with Gasteiger partial charge in [-0.05, 0) is 61.8 Å². The number of methoxy groups -OCH3 is 1. The Morgan fingerprint density at radius 3 is 2.55 bits per heavy atom. The molecule has 1 aliphatic carbocycles. The largest absolute Gasteiger partial charge is 0.465 e. The van der Waals surface area contributed by atoms with Crippen molar-refractivity contribution in [1.82, 2.24) is 5.32 Å². The zero-order chi connectivity index (χ0) is 26.9. The predicted molar refractivity (Wildman–Crippen MR) is 155 cm³/mol. The molecule has 2 fully saturated rings. The van der Waals surface area contributed by atoms with Gasteiger partial charge in [-0.1, -0.05) is 58.1 Å². The molecule has 1 heterocycles. The smallest absolute Gasteiger partial charge is 0.253 e. The molecule has 1 aliphatic heterocycles. The third-order valence-corrected chi connectivity index (χ3v) is 8.34. The van der Waals surface area contributed by atoms with Gasteiger partial charge in [-0.2, -0.15) is 0 Å². The number of benzene rings is 1. The maximum atomic E-state index is 12.8. The van der Waals surface area contributed by atoms with E-state index in [9.17, 15) is 9.59 Å². The van der Waals surface area contributed by atoms with Crippen molar-refractivity contribution in [2.75, 3.05) is 43.5 Å². The highest BCUT2D eigenvalue weighted by Crippen LogP contribution is 2.31. The van der Waals surface area contributed by atoms with Gasteiger partial charge in [0.1, 0.15) is 17.1 Å². The van der Waals surface area contributed by atoms with Crippen molar-refractivity contribution in [2.24, 2.45) is 11.8 Å². The van der Waals surface area contributed by atoms with Crippen LogP contribution >= 0.6 is 0 Å². The first-order chi connectivity index (χ1) is 18.5. The summed E-state index contributed by atoms with van der Waals surface area (Å²) in [6.45, 7) is 7.47. The second kappa shape index (κ2) is 14.1. The van der Waals surface area contributed by atoms with E-state index in [1.807, 2.05) is 19.1 Å². The zero-order valence-electron chi connectivity index (χ0n) is 23.6. The van der Waals surface area contributed by atoms with Gasteiger partial charge in [0.05, 0.1) is 0 Å². The summed E-state index contributed by atoms with van der Waals surface area (Å²) >= 11 is 0. The first-order valence-corrected chi connectivity index (χ1v) is 14.9. The van der Waals surface area contributed by atoms with Crippen LogP contribution < -0.4 is 31.1 Å². The summed E-state index contributed by atoms with van der Waals surface area (Å²) in [6.07, 6.45) is 11.1.